The predicted octanol–water partition coefficient (Wildman–Crippen LogP) is 1.82. The molecule has 3 heterocycles. The zero-order valence-electron chi connectivity index (χ0n) is 17.6. The van der Waals surface area contributed by atoms with Gasteiger partial charge < -0.3 is 20.6 Å². The lowest BCUT2D eigenvalue weighted by Gasteiger charge is -2.49. The van der Waals surface area contributed by atoms with E-state index < -0.39 is 10.8 Å². The van der Waals surface area contributed by atoms with Gasteiger partial charge in [0.15, 0.2) is 0 Å². The smallest absolute Gasteiger partial charge is 0.228 e. The molecular formula is C23H27N5O2S. The van der Waals surface area contributed by atoms with Crippen LogP contribution in [0.15, 0.2) is 47.4 Å². The molecule has 31 heavy (non-hydrogen) atoms. The predicted molar refractivity (Wildman–Crippen MR) is 124 cm³/mol. The van der Waals surface area contributed by atoms with Gasteiger partial charge in [0, 0.05) is 54.2 Å². The number of anilines is 2. The third-order valence-corrected chi connectivity index (χ3v) is 7.79. The van der Waals surface area contributed by atoms with Crippen LogP contribution in [0.5, 0.6) is 0 Å². The van der Waals surface area contributed by atoms with Crippen molar-refractivity contribution in [2.75, 3.05) is 48.3 Å². The number of aliphatic hydroxyl groups is 1. The molecule has 1 aromatic heterocycles. The van der Waals surface area contributed by atoms with Gasteiger partial charge >= 0.3 is 0 Å². The highest BCUT2D eigenvalue weighted by molar-refractivity contribution is 7.85. The Morgan fingerprint density at radius 3 is 2.74 bits per heavy atom. The number of nitrogens with zero attached hydrogens (tertiary/aromatic N) is 4. The van der Waals surface area contributed by atoms with Crippen LogP contribution < -0.4 is 15.5 Å². The fraction of sp³-hybridized carbons (Fsp3) is 0.391. The summed E-state index contributed by atoms with van der Waals surface area (Å²) in [5, 5.41) is 10.8. The van der Waals surface area contributed by atoms with Crippen LogP contribution in [-0.2, 0) is 17.3 Å². The summed E-state index contributed by atoms with van der Waals surface area (Å²) in [7, 11) is -1.02. The molecule has 0 bridgehead atoms. The average molecular weight is 438 g/mol. The van der Waals surface area contributed by atoms with E-state index in [9.17, 15) is 9.32 Å². The van der Waals surface area contributed by atoms with Crippen molar-refractivity contribution in [2.45, 2.75) is 18.4 Å². The maximum atomic E-state index is 12.7. The van der Waals surface area contributed by atoms with Crippen LogP contribution >= 0.6 is 0 Å². The minimum absolute atomic E-state index is 0.0730. The SMILES string of the molecule is Cc1ccc2nc(N3CCS(=O)c4ccccc4C3)nc(N3CC(CN)(CO)C3)c2c1. The Balaban J connectivity index is 1.56. The molecule has 1 atom stereocenters. The molecule has 1 unspecified atom stereocenters. The molecule has 0 spiro atoms. The summed E-state index contributed by atoms with van der Waals surface area (Å²) in [6.45, 7) is 5.18. The van der Waals surface area contributed by atoms with Crippen molar-refractivity contribution in [3.05, 3.63) is 53.6 Å². The maximum Gasteiger partial charge on any atom is 0.228 e. The Morgan fingerprint density at radius 2 is 1.97 bits per heavy atom. The van der Waals surface area contributed by atoms with Gasteiger partial charge in [0.2, 0.25) is 5.95 Å². The molecule has 2 aromatic carbocycles. The Labute approximate surface area is 184 Å². The number of aliphatic hydroxyl groups excluding tert-OH is 1. The fourth-order valence-electron chi connectivity index (χ4n) is 4.42. The molecule has 2 aliphatic heterocycles. The molecular weight excluding hydrogens is 410 g/mol. The van der Waals surface area contributed by atoms with Crippen LogP contribution in [0.1, 0.15) is 11.1 Å². The molecule has 162 valence electrons. The zero-order chi connectivity index (χ0) is 21.6. The summed E-state index contributed by atoms with van der Waals surface area (Å²) < 4.78 is 12.7. The normalized spacial score (nSPS) is 20.3. The number of aromatic nitrogens is 2. The molecule has 0 aliphatic carbocycles. The Morgan fingerprint density at radius 1 is 1.16 bits per heavy atom. The van der Waals surface area contributed by atoms with Crippen LogP contribution in [0.3, 0.4) is 0 Å². The second-order valence-corrected chi connectivity index (χ2v) is 10.2. The number of hydrogen-bond donors (Lipinski definition) is 2. The van der Waals surface area contributed by atoms with E-state index in [1.807, 2.05) is 30.3 Å². The quantitative estimate of drug-likeness (QED) is 0.643. The highest BCUT2D eigenvalue weighted by Crippen LogP contribution is 2.37. The second-order valence-electron chi connectivity index (χ2n) is 8.67. The molecule has 0 radical (unpaired) electrons. The van der Waals surface area contributed by atoms with E-state index in [1.165, 1.54) is 0 Å². The summed E-state index contributed by atoms with van der Waals surface area (Å²) in [6.07, 6.45) is 0. The van der Waals surface area contributed by atoms with Crippen molar-refractivity contribution in [2.24, 2.45) is 11.1 Å². The molecule has 0 amide bonds. The van der Waals surface area contributed by atoms with Gasteiger partial charge in [-0.2, -0.15) is 4.98 Å². The van der Waals surface area contributed by atoms with Gasteiger partial charge in [0.1, 0.15) is 5.82 Å². The minimum Gasteiger partial charge on any atom is -0.396 e. The van der Waals surface area contributed by atoms with E-state index in [0.717, 1.165) is 32.7 Å². The number of benzene rings is 2. The highest BCUT2D eigenvalue weighted by atomic mass is 32.2. The monoisotopic (exact) mass is 437 g/mol. The van der Waals surface area contributed by atoms with E-state index in [0.29, 0.717) is 44.4 Å². The summed E-state index contributed by atoms with van der Waals surface area (Å²) in [5.41, 5.74) is 8.75. The first-order valence-corrected chi connectivity index (χ1v) is 11.9. The zero-order valence-corrected chi connectivity index (χ0v) is 18.4. The molecule has 3 N–H and O–H groups in total. The minimum atomic E-state index is -1.02. The second kappa shape index (κ2) is 7.85. The van der Waals surface area contributed by atoms with E-state index >= 15 is 0 Å². The first kappa shape index (κ1) is 20.4. The topological polar surface area (TPSA) is 95.6 Å². The van der Waals surface area contributed by atoms with Crippen molar-refractivity contribution in [3.8, 4) is 0 Å². The lowest BCUT2D eigenvalue weighted by molar-refractivity contribution is 0.100. The Hall–Kier alpha value is -2.55. The van der Waals surface area contributed by atoms with Crippen LogP contribution in [0, 0.1) is 12.3 Å². The molecule has 8 heteroatoms. The first-order chi connectivity index (χ1) is 15.0. The maximum absolute atomic E-state index is 12.7. The van der Waals surface area contributed by atoms with E-state index in [-0.39, 0.29) is 12.0 Å². The van der Waals surface area contributed by atoms with Gasteiger partial charge in [0.05, 0.1) is 22.9 Å². The van der Waals surface area contributed by atoms with Gasteiger partial charge in [-0.05, 0) is 30.7 Å². The van der Waals surface area contributed by atoms with Crippen LogP contribution in [0.25, 0.3) is 10.9 Å². The number of aryl methyl sites for hydroxylation is 1. The molecule has 2 aliphatic rings. The summed E-state index contributed by atoms with van der Waals surface area (Å²) in [5.74, 6) is 2.07. The Bertz CT molecular complexity index is 1160. The van der Waals surface area contributed by atoms with E-state index in [1.54, 1.807) is 0 Å². The number of rotatable bonds is 4. The van der Waals surface area contributed by atoms with Gasteiger partial charge in [-0.3, -0.25) is 4.21 Å². The number of fused-ring (bicyclic) bond motifs is 2. The van der Waals surface area contributed by atoms with Crippen molar-refractivity contribution in [1.29, 1.82) is 0 Å². The highest BCUT2D eigenvalue weighted by Gasteiger charge is 2.43. The van der Waals surface area contributed by atoms with E-state index in [2.05, 4.69) is 28.9 Å². The molecule has 7 nitrogen and oxygen atoms in total. The summed E-state index contributed by atoms with van der Waals surface area (Å²) in [6, 6.07) is 14.1. The summed E-state index contributed by atoms with van der Waals surface area (Å²) in [4.78, 5) is 15.1. The molecule has 1 saturated heterocycles. The lowest BCUT2D eigenvalue weighted by atomic mass is 9.80. The first-order valence-electron chi connectivity index (χ1n) is 10.6. The third kappa shape index (κ3) is 3.58. The molecule has 0 saturated carbocycles. The van der Waals surface area contributed by atoms with Crippen LogP contribution in [0.4, 0.5) is 11.8 Å². The van der Waals surface area contributed by atoms with Crippen molar-refractivity contribution >= 4 is 33.5 Å². The van der Waals surface area contributed by atoms with Crippen molar-refractivity contribution in [1.82, 2.24) is 9.97 Å². The fourth-order valence-corrected chi connectivity index (χ4v) is 5.68. The van der Waals surface area contributed by atoms with Crippen molar-refractivity contribution < 1.29 is 9.32 Å². The summed E-state index contributed by atoms with van der Waals surface area (Å²) >= 11 is 0. The van der Waals surface area contributed by atoms with Crippen LogP contribution in [-0.4, -0.2) is 57.8 Å². The standard InChI is InChI=1S/C23H27N5O2S/c1-16-6-7-19-18(10-16)21(28-13-23(12-24,14-28)15-29)26-22(25-19)27-8-9-31(30)20-5-3-2-4-17(20)11-27/h2-7,10,29H,8-9,11-15,24H2,1H3. The number of hydrogen-bond acceptors (Lipinski definition) is 7. The number of nitrogens with two attached hydrogens (primary N) is 1. The van der Waals surface area contributed by atoms with Gasteiger partial charge in [-0.15, -0.1) is 0 Å². The largest absolute Gasteiger partial charge is 0.396 e. The molecule has 1 fully saturated rings. The molecule has 3 aromatic rings. The van der Waals surface area contributed by atoms with E-state index in [4.69, 9.17) is 15.7 Å². The van der Waals surface area contributed by atoms with Gasteiger partial charge in [-0.25, -0.2) is 4.98 Å². The van der Waals surface area contributed by atoms with Crippen molar-refractivity contribution in [3.63, 3.8) is 0 Å². The lowest BCUT2D eigenvalue weighted by Crippen LogP contribution is -2.62. The molecule has 5 rings (SSSR count). The van der Waals surface area contributed by atoms with Gasteiger partial charge in [0.25, 0.3) is 0 Å². The Kier molecular flexibility index (Phi) is 5.16. The third-order valence-electron chi connectivity index (χ3n) is 6.35. The van der Waals surface area contributed by atoms with Crippen LogP contribution in [0.2, 0.25) is 0 Å². The van der Waals surface area contributed by atoms with Gasteiger partial charge in [-0.1, -0.05) is 29.8 Å². The average Bonchev–Trinajstić information content (AvgIpc) is 2.93.